The van der Waals surface area contributed by atoms with Gasteiger partial charge in [-0.25, -0.2) is 4.99 Å². The molecule has 29 heavy (non-hydrogen) atoms. The third-order valence-electron chi connectivity index (χ3n) is 4.46. The van der Waals surface area contributed by atoms with Gasteiger partial charge in [-0.15, -0.1) is 0 Å². The van der Waals surface area contributed by atoms with Crippen LogP contribution in [-0.2, 0) is 0 Å². The van der Waals surface area contributed by atoms with Crippen LogP contribution in [0.4, 0.5) is 11.4 Å². The second-order valence-corrected chi connectivity index (χ2v) is 6.31. The van der Waals surface area contributed by atoms with Crippen LogP contribution in [0.5, 0.6) is 5.75 Å². The summed E-state index contributed by atoms with van der Waals surface area (Å²) in [7, 11) is 0. The lowest BCUT2D eigenvalue weighted by molar-refractivity contribution is -0.384. The molecule has 7 nitrogen and oxygen atoms in total. The summed E-state index contributed by atoms with van der Waals surface area (Å²) < 4.78 is 5.49. The first-order valence-electron chi connectivity index (χ1n) is 9.15. The molecule has 3 aromatic rings. The second kappa shape index (κ2) is 7.93. The zero-order valence-corrected chi connectivity index (χ0v) is 15.7. The number of rotatable bonds is 5. The number of nitro benzene ring substituents is 1. The number of ether oxygens (including phenoxy) is 1. The van der Waals surface area contributed by atoms with Crippen LogP contribution in [0.2, 0.25) is 0 Å². The number of nitrogens with zero attached hydrogens (tertiary/aromatic N) is 3. The van der Waals surface area contributed by atoms with Crippen LogP contribution in [0.15, 0.2) is 82.9 Å². The van der Waals surface area contributed by atoms with Crippen molar-refractivity contribution in [1.82, 2.24) is 5.43 Å². The highest BCUT2D eigenvalue weighted by Crippen LogP contribution is 2.26. The maximum atomic E-state index is 10.9. The fourth-order valence-electron chi connectivity index (χ4n) is 3.05. The highest BCUT2D eigenvalue weighted by molar-refractivity contribution is 6.18. The number of amidine groups is 1. The molecule has 0 saturated heterocycles. The fourth-order valence-corrected chi connectivity index (χ4v) is 3.05. The summed E-state index contributed by atoms with van der Waals surface area (Å²) in [5.41, 5.74) is 6.99. The molecule has 0 radical (unpaired) electrons. The van der Waals surface area contributed by atoms with Crippen molar-refractivity contribution in [3.8, 4) is 5.75 Å². The molecule has 0 spiro atoms. The molecule has 0 aromatic heterocycles. The number of para-hydroxylation sites is 1. The molecule has 1 aliphatic heterocycles. The van der Waals surface area contributed by atoms with E-state index in [1.54, 1.807) is 12.1 Å². The van der Waals surface area contributed by atoms with Gasteiger partial charge in [-0.1, -0.05) is 18.2 Å². The Bertz CT molecular complexity index is 1100. The van der Waals surface area contributed by atoms with Crippen molar-refractivity contribution in [3.05, 3.63) is 99.6 Å². The number of nitro groups is 1. The normalized spacial score (nSPS) is 12.7. The van der Waals surface area contributed by atoms with Gasteiger partial charge in [-0.3, -0.25) is 15.5 Å². The largest absolute Gasteiger partial charge is 0.494 e. The Morgan fingerprint density at radius 2 is 1.66 bits per heavy atom. The smallest absolute Gasteiger partial charge is 0.269 e. The standard InChI is InChI=1S/C22H18N4O3/c1-2-29-18-13-9-16(10-14-18)22-23-20-6-4-3-5-19(20)21(24-25-22)15-7-11-17(12-8-15)26(27)28/h3-14H,2H2,1H3,(H,23,25). The maximum absolute atomic E-state index is 10.9. The molecule has 1 heterocycles. The van der Waals surface area contributed by atoms with E-state index in [4.69, 9.17) is 9.73 Å². The van der Waals surface area contributed by atoms with E-state index in [2.05, 4.69) is 10.5 Å². The van der Waals surface area contributed by atoms with Crippen LogP contribution in [-0.4, -0.2) is 23.1 Å². The van der Waals surface area contributed by atoms with Gasteiger partial charge in [-0.05, 0) is 49.4 Å². The Balaban J connectivity index is 1.73. The molecule has 1 N–H and O–H groups in total. The van der Waals surface area contributed by atoms with Gasteiger partial charge < -0.3 is 4.74 Å². The number of non-ortho nitro benzene ring substituents is 1. The molecule has 0 fully saturated rings. The molecule has 4 rings (SSSR count). The molecule has 1 aliphatic rings. The number of aliphatic imine (C=N–C) groups is 1. The SMILES string of the molecule is CCOc1ccc(C2=Nc3ccccc3C(c3ccc([N+](=O)[O-])cc3)=NN2)cc1. The average molecular weight is 386 g/mol. The zero-order chi connectivity index (χ0) is 20.2. The van der Waals surface area contributed by atoms with Crippen LogP contribution in [0.3, 0.4) is 0 Å². The monoisotopic (exact) mass is 386 g/mol. The predicted molar refractivity (Wildman–Crippen MR) is 112 cm³/mol. The van der Waals surface area contributed by atoms with Crippen molar-refractivity contribution < 1.29 is 9.66 Å². The van der Waals surface area contributed by atoms with E-state index in [0.717, 1.165) is 28.1 Å². The van der Waals surface area contributed by atoms with Gasteiger partial charge in [0.25, 0.3) is 5.69 Å². The first-order valence-corrected chi connectivity index (χ1v) is 9.15. The van der Waals surface area contributed by atoms with Crippen LogP contribution in [0.1, 0.15) is 23.6 Å². The van der Waals surface area contributed by atoms with Crippen molar-refractivity contribution in [2.75, 3.05) is 6.61 Å². The second-order valence-electron chi connectivity index (χ2n) is 6.31. The van der Waals surface area contributed by atoms with E-state index in [1.807, 2.05) is 55.5 Å². The number of fused-ring (bicyclic) bond motifs is 1. The van der Waals surface area contributed by atoms with Gasteiger partial charge in [0, 0.05) is 28.8 Å². The summed E-state index contributed by atoms with van der Waals surface area (Å²) in [5, 5.41) is 15.5. The van der Waals surface area contributed by atoms with Crippen molar-refractivity contribution in [2.24, 2.45) is 10.1 Å². The van der Waals surface area contributed by atoms with Crippen LogP contribution in [0.25, 0.3) is 0 Å². The van der Waals surface area contributed by atoms with Crippen LogP contribution < -0.4 is 10.2 Å². The molecule has 7 heteroatoms. The Labute approximate surface area is 167 Å². The fraction of sp³-hybridized carbons (Fsp3) is 0.0909. The summed E-state index contributed by atoms with van der Waals surface area (Å²) in [4.78, 5) is 15.3. The van der Waals surface area contributed by atoms with Gasteiger partial charge in [0.2, 0.25) is 0 Å². The molecule has 0 saturated carbocycles. The summed E-state index contributed by atoms with van der Waals surface area (Å²) in [6.45, 7) is 2.55. The maximum Gasteiger partial charge on any atom is 0.269 e. The third-order valence-corrected chi connectivity index (χ3v) is 4.46. The lowest BCUT2D eigenvalue weighted by atomic mass is 10.0. The van der Waals surface area contributed by atoms with E-state index < -0.39 is 4.92 Å². The van der Waals surface area contributed by atoms with Gasteiger partial charge in [0.05, 0.1) is 22.9 Å². The first kappa shape index (κ1) is 18.4. The Kier molecular flexibility index (Phi) is 5.03. The third kappa shape index (κ3) is 3.84. The number of nitrogens with one attached hydrogen (secondary N) is 1. The number of hydrogen-bond acceptors (Lipinski definition) is 6. The topological polar surface area (TPSA) is 89.1 Å². The van der Waals surface area contributed by atoms with Crippen LogP contribution >= 0.6 is 0 Å². The molecule has 0 aliphatic carbocycles. The number of hydrazone groups is 1. The Hall–Kier alpha value is -4.00. The molecular weight excluding hydrogens is 368 g/mol. The minimum Gasteiger partial charge on any atom is -0.494 e. The van der Waals surface area contributed by atoms with Crippen molar-refractivity contribution in [1.29, 1.82) is 0 Å². The summed E-state index contributed by atoms with van der Waals surface area (Å²) in [6.07, 6.45) is 0. The van der Waals surface area contributed by atoms with Gasteiger partial charge >= 0.3 is 0 Å². The van der Waals surface area contributed by atoms with Crippen molar-refractivity contribution in [3.63, 3.8) is 0 Å². The lowest BCUT2D eigenvalue weighted by Crippen LogP contribution is -2.19. The van der Waals surface area contributed by atoms with Crippen molar-refractivity contribution >= 4 is 22.9 Å². The molecule has 0 amide bonds. The minimum absolute atomic E-state index is 0.0375. The van der Waals surface area contributed by atoms with Crippen molar-refractivity contribution in [2.45, 2.75) is 6.92 Å². The van der Waals surface area contributed by atoms with Gasteiger partial charge in [-0.2, -0.15) is 5.10 Å². The van der Waals surface area contributed by atoms with E-state index in [1.165, 1.54) is 12.1 Å². The summed E-state index contributed by atoms with van der Waals surface area (Å²) in [6, 6.07) is 21.6. The molecule has 0 bridgehead atoms. The van der Waals surface area contributed by atoms with E-state index in [9.17, 15) is 10.1 Å². The van der Waals surface area contributed by atoms with Crippen LogP contribution in [0, 0.1) is 10.1 Å². The molecule has 0 unspecified atom stereocenters. The average Bonchev–Trinajstić information content (AvgIpc) is 2.94. The lowest BCUT2D eigenvalue weighted by Gasteiger charge is -2.07. The molecule has 0 atom stereocenters. The predicted octanol–water partition coefficient (Wildman–Crippen LogP) is 4.43. The zero-order valence-electron chi connectivity index (χ0n) is 15.7. The molecular formula is C22H18N4O3. The molecule has 3 aromatic carbocycles. The van der Waals surface area contributed by atoms with E-state index in [0.29, 0.717) is 18.2 Å². The number of hydrogen-bond donors (Lipinski definition) is 1. The minimum atomic E-state index is -0.419. The molecule has 144 valence electrons. The van der Waals surface area contributed by atoms with Gasteiger partial charge in [0.15, 0.2) is 5.84 Å². The summed E-state index contributed by atoms with van der Waals surface area (Å²) in [5.74, 6) is 1.40. The highest BCUT2D eigenvalue weighted by atomic mass is 16.6. The summed E-state index contributed by atoms with van der Waals surface area (Å²) >= 11 is 0. The van der Waals surface area contributed by atoms with Gasteiger partial charge in [0.1, 0.15) is 5.75 Å². The Morgan fingerprint density at radius 1 is 0.966 bits per heavy atom. The van der Waals surface area contributed by atoms with E-state index >= 15 is 0 Å². The quantitative estimate of drug-likeness (QED) is 0.519. The van der Waals surface area contributed by atoms with E-state index in [-0.39, 0.29) is 5.69 Å². The first-order chi connectivity index (χ1) is 14.2. The Morgan fingerprint density at radius 3 is 2.34 bits per heavy atom. The number of benzene rings is 3. The highest BCUT2D eigenvalue weighted by Gasteiger charge is 2.17.